The molecule has 3 heterocycles. The standard InChI is InChI=1S/C29H26N2O5/c1-28-13-14-29(36-28,15-16-35-20-10-8-19(34-2)9-11-20)25-24(28)26(32)31(27(25)33)23-12-7-18(17-30)21-5-3-4-6-22(21)23/h3-12,24-25H,13-16H2,1-2H3. The third-order valence-corrected chi connectivity index (χ3v) is 8.13. The van der Waals surface area contributed by atoms with Gasteiger partial charge in [-0.25, -0.2) is 4.90 Å². The topological polar surface area (TPSA) is 88.9 Å². The third-order valence-electron chi connectivity index (χ3n) is 8.13. The Morgan fingerprint density at radius 1 is 0.972 bits per heavy atom. The molecule has 36 heavy (non-hydrogen) atoms. The molecular weight excluding hydrogens is 456 g/mol. The third kappa shape index (κ3) is 3.14. The molecule has 0 radical (unpaired) electrons. The predicted molar refractivity (Wildman–Crippen MR) is 133 cm³/mol. The van der Waals surface area contributed by atoms with Crippen LogP contribution in [0.3, 0.4) is 0 Å². The van der Waals surface area contributed by atoms with E-state index in [0.29, 0.717) is 41.8 Å². The first-order valence-electron chi connectivity index (χ1n) is 12.2. The average molecular weight is 483 g/mol. The second-order valence-corrected chi connectivity index (χ2v) is 10.0. The first kappa shape index (κ1) is 22.6. The Morgan fingerprint density at radius 2 is 1.67 bits per heavy atom. The summed E-state index contributed by atoms with van der Waals surface area (Å²) in [6, 6.07) is 20.3. The van der Waals surface area contributed by atoms with E-state index in [9.17, 15) is 14.9 Å². The maximum atomic E-state index is 13.9. The van der Waals surface area contributed by atoms with Crippen LogP contribution in [0.1, 0.15) is 31.7 Å². The minimum atomic E-state index is -0.740. The van der Waals surface area contributed by atoms with Crippen molar-refractivity contribution in [1.82, 2.24) is 0 Å². The maximum absolute atomic E-state index is 13.9. The Balaban J connectivity index is 1.31. The molecule has 0 aliphatic carbocycles. The van der Waals surface area contributed by atoms with Crippen LogP contribution in [-0.2, 0) is 14.3 Å². The Labute approximate surface area is 209 Å². The fraction of sp³-hybridized carbons (Fsp3) is 0.345. The minimum Gasteiger partial charge on any atom is -0.497 e. The molecule has 3 aromatic carbocycles. The molecule has 182 valence electrons. The minimum absolute atomic E-state index is 0.222. The van der Waals surface area contributed by atoms with Gasteiger partial charge in [-0.2, -0.15) is 5.26 Å². The van der Waals surface area contributed by atoms with Gasteiger partial charge in [0, 0.05) is 17.2 Å². The van der Waals surface area contributed by atoms with Gasteiger partial charge < -0.3 is 14.2 Å². The van der Waals surface area contributed by atoms with Crippen LogP contribution in [0.15, 0.2) is 60.7 Å². The Hall–Kier alpha value is -3.89. The van der Waals surface area contributed by atoms with E-state index >= 15 is 0 Å². The van der Waals surface area contributed by atoms with Gasteiger partial charge in [-0.1, -0.05) is 24.3 Å². The van der Waals surface area contributed by atoms with Crippen LogP contribution in [0, 0.1) is 23.2 Å². The molecule has 0 saturated carbocycles. The second-order valence-electron chi connectivity index (χ2n) is 10.0. The zero-order valence-electron chi connectivity index (χ0n) is 20.2. The van der Waals surface area contributed by atoms with Crippen LogP contribution in [0.25, 0.3) is 10.8 Å². The van der Waals surface area contributed by atoms with Crippen molar-refractivity contribution < 1.29 is 23.8 Å². The van der Waals surface area contributed by atoms with Crippen molar-refractivity contribution in [1.29, 1.82) is 5.26 Å². The van der Waals surface area contributed by atoms with Crippen LogP contribution in [0.2, 0.25) is 0 Å². The van der Waals surface area contributed by atoms with Gasteiger partial charge in [-0.3, -0.25) is 9.59 Å². The van der Waals surface area contributed by atoms with E-state index in [2.05, 4.69) is 6.07 Å². The van der Waals surface area contributed by atoms with E-state index in [4.69, 9.17) is 14.2 Å². The summed E-state index contributed by atoms with van der Waals surface area (Å²) < 4.78 is 17.7. The van der Waals surface area contributed by atoms with Crippen molar-refractivity contribution in [3.05, 3.63) is 66.2 Å². The lowest BCUT2D eigenvalue weighted by atomic mass is 9.67. The number of benzene rings is 3. The molecule has 6 rings (SSSR count). The van der Waals surface area contributed by atoms with Crippen LogP contribution < -0.4 is 14.4 Å². The molecule has 7 heteroatoms. The summed E-state index contributed by atoms with van der Waals surface area (Å²) in [6.45, 7) is 2.32. The van der Waals surface area contributed by atoms with Gasteiger partial charge in [-0.05, 0) is 56.2 Å². The van der Waals surface area contributed by atoms with Gasteiger partial charge >= 0.3 is 0 Å². The molecule has 3 aliphatic rings. The number of carbonyl (C=O) groups excluding carboxylic acids is 2. The van der Waals surface area contributed by atoms with Crippen LogP contribution >= 0.6 is 0 Å². The lowest BCUT2D eigenvalue weighted by molar-refractivity contribution is -0.131. The quantitative estimate of drug-likeness (QED) is 0.477. The Morgan fingerprint density at radius 3 is 2.39 bits per heavy atom. The number of ether oxygens (including phenoxy) is 3. The number of nitriles is 1. The van der Waals surface area contributed by atoms with E-state index in [1.165, 1.54) is 4.90 Å². The number of hydrogen-bond donors (Lipinski definition) is 0. The summed E-state index contributed by atoms with van der Waals surface area (Å²) in [5, 5.41) is 11.0. The molecule has 3 aromatic rings. The zero-order chi connectivity index (χ0) is 25.1. The van der Waals surface area contributed by atoms with E-state index in [1.54, 1.807) is 19.2 Å². The molecule has 3 saturated heterocycles. The highest BCUT2D eigenvalue weighted by Crippen LogP contribution is 2.62. The molecular formula is C29H26N2O5. The van der Waals surface area contributed by atoms with E-state index < -0.39 is 23.0 Å². The van der Waals surface area contributed by atoms with Gasteiger partial charge in [0.05, 0.1) is 54.1 Å². The molecule has 0 N–H and O–H groups in total. The predicted octanol–water partition coefficient (Wildman–Crippen LogP) is 4.62. The fourth-order valence-electron chi connectivity index (χ4n) is 6.44. The number of anilines is 1. The van der Waals surface area contributed by atoms with Gasteiger partial charge in [0.2, 0.25) is 11.8 Å². The molecule has 7 nitrogen and oxygen atoms in total. The highest BCUT2D eigenvalue weighted by molar-refractivity contribution is 6.26. The zero-order valence-corrected chi connectivity index (χ0v) is 20.2. The number of amides is 2. The van der Waals surface area contributed by atoms with E-state index in [-0.39, 0.29) is 11.8 Å². The second kappa shape index (κ2) is 8.07. The normalized spacial score (nSPS) is 28.4. The van der Waals surface area contributed by atoms with Crippen molar-refractivity contribution in [2.75, 3.05) is 18.6 Å². The number of carbonyl (C=O) groups is 2. The molecule has 2 amide bonds. The number of hydrogen-bond acceptors (Lipinski definition) is 6. The molecule has 2 bridgehead atoms. The Bertz CT molecular complexity index is 1430. The van der Waals surface area contributed by atoms with Crippen molar-refractivity contribution >= 4 is 28.3 Å². The molecule has 3 fully saturated rings. The summed E-state index contributed by atoms with van der Waals surface area (Å²) in [7, 11) is 1.61. The van der Waals surface area contributed by atoms with Gasteiger partial charge in [0.15, 0.2) is 0 Å². The lowest BCUT2D eigenvalue weighted by Crippen LogP contribution is -2.43. The number of nitrogens with zero attached hydrogens (tertiary/aromatic N) is 2. The van der Waals surface area contributed by atoms with Gasteiger partial charge in [0.1, 0.15) is 11.5 Å². The summed E-state index contributed by atoms with van der Waals surface area (Å²) >= 11 is 0. The van der Waals surface area contributed by atoms with Gasteiger partial charge in [-0.15, -0.1) is 0 Å². The summed E-state index contributed by atoms with van der Waals surface area (Å²) in [6.07, 6.45) is 1.94. The SMILES string of the molecule is COc1ccc(OCCC23CCC(C)(O2)C2C(=O)N(c4ccc(C#N)c5ccccc45)C(=O)C23)cc1. The van der Waals surface area contributed by atoms with Crippen LogP contribution in [0.5, 0.6) is 11.5 Å². The Kier molecular flexibility index (Phi) is 5.06. The molecule has 0 aromatic heterocycles. The lowest BCUT2D eigenvalue weighted by Gasteiger charge is -2.31. The maximum Gasteiger partial charge on any atom is 0.240 e. The first-order chi connectivity index (χ1) is 17.4. The fourth-order valence-corrected chi connectivity index (χ4v) is 6.44. The molecule has 4 unspecified atom stereocenters. The summed E-state index contributed by atoms with van der Waals surface area (Å²) in [4.78, 5) is 29.1. The summed E-state index contributed by atoms with van der Waals surface area (Å²) in [5.74, 6) is -0.0820. The molecule has 3 aliphatic heterocycles. The number of fused-ring (bicyclic) bond motifs is 6. The van der Waals surface area contributed by atoms with Crippen LogP contribution in [-0.4, -0.2) is 36.7 Å². The highest BCUT2D eigenvalue weighted by Gasteiger charge is 2.73. The molecule has 0 spiro atoms. The number of imide groups is 1. The average Bonchev–Trinajstić information content (AvgIpc) is 3.48. The van der Waals surface area contributed by atoms with Crippen LogP contribution in [0.4, 0.5) is 5.69 Å². The van der Waals surface area contributed by atoms with E-state index in [1.807, 2.05) is 55.5 Å². The first-order valence-corrected chi connectivity index (χ1v) is 12.2. The van der Waals surface area contributed by atoms with Gasteiger partial charge in [0.25, 0.3) is 0 Å². The number of methoxy groups -OCH3 is 1. The smallest absolute Gasteiger partial charge is 0.240 e. The van der Waals surface area contributed by atoms with Crippen molar-refractivity contribution in [3.63, 3.8) is 0 Å². The van der Waals surface area contributed by atoms with Crippen molar-refractivity contribution in [2.45, 2.75) is 37.4 Å². The van der Waals surface area contributed by atoms with Crippen molar-refractivity contribution in [2.24, 2.45) is 11.8 Å². The molecule has 4 atom stereocenters. The highest BCUT2D eigenvalue weighted by atomic mass is 16.5. The largest absolute Gasteiger partial charge is 0.497 e. The van der Waals surface area contributed by atoms with Crippen molar-refractivity contribution in [3.8, 4) is 17.6 Å². The monoisotopic (exact) mass is 482 g/mol. The number of rotatable bonds is 6. The van der Waals surface area contributed by atoms with E-state index in [0.717, 1.165) is 17.6 Å². The summed E-state index contributed by atoms with van der Waals surface area (Å²) in [5.41, 5.74) is -0.387.